The highest BCUT2D eigenvalue weighted by molar-refractivity contribution is 7.21. The van der Waals surface area contributed by atoms with Crippen LogP contribution in [0.2, 0.25) is 0 Å². The molecule has 7 heteroatoms. The first kappa shape index (κ1) is 19.4. The van der Waals surface area contributed by atoms with Crippen LogP contribution < -0.4 is 10.6 Å². The summed E-state index contributed by atoms with van der Waals surface area (Å²) in [6, 6.07) is 19.5. The summed E-state index contributed by atoms with van der Waals surface area (Å²) >= 11 is 1.61. The number of nitrogens with zero attached hydrogens (tertiary/aromatic N) is 2. The molecule has 1 unspecified atom stereocenters. The number of hydrogen-bond donors (Lipinski definition) is 2. The molecule has 2 aromatic carbocycles. The number of thiazole rings is 1. The fourth-order valence-electron chi connectivity index (χ4n) is 3.75. The van der Waals surface area contributed by atoms with Crippen molar-refractivity contribution >= 4 is 44.9 Å². The average molecular weight is 429 g/mol. The molecule has 5 rings (SSSR count). The van der Waals surface area contributed by atoms with E-state index < -0.39 is 0 Å². The number of carbonyl (C=O) groups is 2. The molecule has 1 aliphatic heterocycles. The lowest BCUT2D eigenvalue weighted by Crippen LogP contribution is -2.30. The van der Waals surface area contributed by atoms with Crippen LogP contribution in [0.1, 0.15) is 18.4 Å². The number of aromatic nitrogens is 2. The molecule has 0 radical (unpaired) electrons. The first-order valence-corrected chi connectivity index (χ1v) is 11.0. The molecule has 4 aromatic rings. The molecule has 0 bridgehead atoms. The number of rotatable bonds is 5. The summed E-state index contributed by atoms with van der Waals surface area (Å²) in [5.41, 5.74) is 3.86. The van der Waals surface area contributed by atoms with E-state index in [1.165, 1.54) is 0 Å². The Balaban J connectivity index is 1.19. The fourth-order valence-corrected chi connectivity index (χ4v) is 4.70. The van der Waals surface area contributed by atoms with E-state index in [1.54, 1.807) is 23.6 Å². The van der Waals surface area contributed by atoms with Gasteiger partial charge in [-0.15, -0.1) is 11.3 Å². The third-order valence-corrected chi connectivity index (χ3v) is 6.49. The summed E-state index contributed by atoms with van der Waals surface area (Å²) in [7, 11) is 0. The first-order chi connectivity index (χ1) is 15.2. The Kier molecular flexibility index (Phi) is 5.18. The number of carbonyl (C=O) groups excluding carboxylic acids is 2. The van der Waals surface area contributed by atoms with Gasteiger partial charge in [0.15, 0.2) is 0 Å². The molecule has 3 heterocycles. The monoisotopic (exact) mass is 428 g/mol. The molecule has 0 saturated heterocycles. The van der Waals surface area contributed by atoms with Crippen LogP contribution in [0.4, 0.5) is 11.5 Å². The Morgan fingerprint density at radius 3 is 2.77 bits per heavy atom. The molecule has 154 valence electrons. The molecule has 31 heavy (non-hydrogen) atoms. The minimum Gasteiger partial charge on any atom is -0.326 e. The van der Waals surface area contributed by atoms with Crippen molar-refractivity contribution in [3.8, 4) is 10.6 Å². The van der Waals surface area contributed by atoms with Crippen molar-refractivity contribution < 1.29 is 9.59 Å². The Bertz CT molecular complexity index is 1230. The molecule has 0 fully saturated rings. The van der Waals surface area contributed by atoms with Crippen molar-refractivity contribution in [3.63, 3.8) is 0 Å². The minimum absolute atomic E-state index is 0.0233. The normalized spacial score (nSPS) is 15.4. The van der Waals surface area contributed by atoms with Gasteiger partial charge in [-0.25, -0.2) is 9.97 Å². The third-order valence-electron chi connectivity index (χ3n) is 5.40. The second kappa shape index (κ2) is 8.28. The van der Waals surface area contributed by atoms with Crippen molar-refractivity contribution in [1.29, 1.82) is 0 Å². The lowest BCUT2D eigenvalue weighted by atomic mass is 9.89. The molecular weight excluding hydrogens is 408 g/mol. The zero-order chi connectivity index (χ0) is 21.2. The van der Waals surface area contributed by atoms with Crippen molar-refractivity contribution in [2.75, 3.05) is 10.6 Å². The standard InChI is InChI=1S/C24H20N4O2S/c29-22(12-10-16-13-15-5-1-2-6-18(15)26-23(16)30)28-21-11-9-17(14-25-21)24-27-19-7-3-4-8-20(19)31-24/h1-9,11,14,16H,10,12-13H2,(H,26,30)(H,25,28,29). The van der Waals surface area contributed by atoms with Crippen LogP contribution in [0.15, 0.2) is 66.9 Å². The minimum atomic E-state index is -0.199. The fraction of sp³-hybridized carbons (Fsp3) is 0.167. The van der Waals surface area contributed by atoms with Gasteiger partial charge in [-0.05, 0) is 48.7 Å². The molecule has 0 saturated carbocycles. The van der Waals surface area contributed by atoms with Gasteiger partial charge in [0.1, 0.15) is 10.8 Å². The van der Waals surface area contributed by atoms with Gasteiger partial charge in [0.05, 0.1) is 10.2 Å². The quantitative estimate of drug-likeness (QED) is 0.474. The van der Waals surface area contributed by atoms with E-state index >= 15 is 0 Å². The Hall–Kier alpha value is -3.58. The third kappa shape index (κ3) is 4.18. The summed E-state index contributed by atoms with van der Waals surface area (Å²) in [6.07, 6.45) is 3.14. The van der Waals surface area contributed by atoms with Crippen LogP contribution in [-0.2, 0) is 16.0 Å². The van der Waals surface area contributed by atoms with E-state index in [0.717, 1.165) is 32.0 Å². The van der Waals surface area contributed by atoms with Gasteiger partial charge in [-0.2, -0.15) is 0 Å². The number of fused-ring (bicyclic) bond motifs is 2. The van der Waals surface area contributed by atoms with Crippen LogP contribution in [-0.4, -0.2) is 21.8 Å². The zero-order valence-electron chi connectivity index (χ0n) is 16.7. The highest BCUT2D eigenvalue weighted by Crippen LogP contribution is 2.30. The maximum Gasteiger partial charge on any atom is 0.227 e. The van der Waals surface area contributed by atoms with Gasteiger partial charge in [-0.3, -0.25) is 9.59 Å². The number of nitrogens with one attached hydrogen (secondary N) is 2. The largest absolute Gasteiger partial charge is 0.326 e. The van der Waals surface area contributed by atoms with Gasteiger partial charge in [0.25, 0.3) is 0 Å². The van der Waals surface area contributed by atoms with Gasteiger partial charge < -0.3 is 10.6 Å². The van der Waals surface area contributed by atoms with Gasteiger partial charge in [0.2, 0.25) is 11.8 Å². The number of anilines is 2. The van der Waals surface area contributed by atoms with Crippen LogP contribution in [0.5, 0.6) is 0 Å². The van der Waals surface area contributed by atoms with Crippen molar-refractivity contribution in [2.45, 2.75) is 19.3 Å². The number of amides is 2. The van der Waals surface area contributed by atoms with E-state index in [4.69, 9.17) is 0 Å². The predicted molar refractivity (Wildman–Crippen MR) is 123 cm³/mol. The molecule has 1 aliphatic rings. The second-order valence-electron chi connectivity index (χ2n) is 7.55. The average Bonchev–Trinajstić information content (AvgIpc) is 3.22. The highest BCUT2D eigenvalue weighted by atomic mass is 32.1. The topological polar surface area (TPSA) is 84.0 Å². The predicted octanol–water partition coefficient (Wildman–Crippen LogP) is 4.89. The molecule has 0 aliphatic carbocycles. The Morgan fingerprint density at radius 1 is 1.10 bits per heavy atom. The van der Waals surface area contributed by atoms with Crippen LogP contribution in [0.3, 0.4) is 0 Å². The van der Waals surface area contributed by atoms with Crippen LogP contribution in [0, 0.1) is 5.92 Å². The molecule has 2 N–H and O–H groups in total. The van der Waals surface area contributed by atoms with E-state index in [-0.39, 0.29) is 24.2 Å². The van der Waals surface area contributed by atoms with E-state index in [2.05, 4.69) is 20.6 Å². The summed E-state index contributed by atoms with van der Waals surface area (Å²) < 4.78 is 1.13. The molecule has 2 aromatic heterocycles. The lowest BCUT2D eigenvalue weighted by molar-refractivity contribution is -0.121. The maximum atomic E-state index is 12.4. The number of hydrogen-bond acceptors (Lipinski definition) is 5. The van der Waals surface area contributed by atoms with E-state index in [9.17, 15) is 9.59 Å². The Labute approximate surface area is 183 Å². The van der Waals surface area contributed by atoms with Crippen molar-refractivity contribution in [3.05, 3.63) is 72.4 Å². The lowest BCUT2D eigenvalue weighted by Gasteiger charge is -2.24. The zero-order valence-corrected chi connectivity index (χ0v) is 17.5. The summed E-state index contributed by atoms with van der Waals surface area (Å²) in [5.74, 6) is 0.125. The van der Waals surface area contributed by atoms with Gasteiger partial charge >= 0.3 is 0 Å². The summed E-state index contributed by atoms with van der Waals surface area (Å²) in [5, 5.41) is 6.65. The molecular formula is C24H20N4O2S. The smallest absolute Gasteiger partial charge is 0.227 e. The molecule has 1 atom stereocenters. The second-order valence-corrected chi connectivity index (χ2v) is 8.58. The summed E-state index contributed by atoms with van der Waals surface area (Å²) in [6.45, 7) is 0. The molecule has 0 spiro atoms. The number of pyridine rings is 1. The molecule has 2 amide bonds. The van der Waals surface area contributed by atoms with Crippen LogP contribution in [0.25, 0.3) is 20.8 Å². The SMILES string of the molecule is O=C(CCC1Cc2ccccc2NC1=O)Nc1ccc(-c2nc3ccccc3s2)cn1. The molecule has 6 nitrogen and oxygen atoms in total. The maximum absolute atomic E-state index is 12.4. The van der Waals surface area contributed by atoms with Crippen molar-refractivity contribution in [2.24, 2.45) is 5.92 Å². The van der Waals surface area contributed by atoms with Crippen molar-refractivity contribution in [1.82, 2.24) is 9.97 Å². The van der Waals surface area contributed by atoms with E-state index in [0.29, 0.717) is 18.7 Å². The Morgan fingerprint density at radius 2 is 1.94 bits per heavy atom. The number of benzene rings is 2. The van der Waals surface area contributed by atoms with Crippen LogP contribution >= 0.6 is 11.3 Å². The first-order valence-electron chi connectivity index (χ1n) is 10.2. The highest BCUT2D eigenvalue weighted by Gasteiger charge is 2.26. The van der Waals surface area contributed by atoms with E-state index in [1.807, 2.05) is 54.6 Å². The van der Waals surface area contributed by atoms with Gasteiger partial charge in [-0.1, -0.05) is 30.3 Å². The summed E-state index contributed by atoms with van der Waals surface area (Å²) in [4.78, 5) is 33.7. The van der Waals surface area contributed by atoms with Gasteiger partial charge in [0, 0.05) is 29.8 Å². The number of para-hydroxylation sites is 2.